The van der Waals surface area contributed by atoms with E-state index in [2.05, 4.69) is 10.6 Å². The van der Waals surface area contributed by atoms with E-state index in [1.807, 2.05) is 20.8 Å². The summed E-state index contributed by atoms with van der Waals surface area (Å²) in [5.74, 6) is 0.799. The Morgan fingerprint density at radius 2 is 2.28 bits per heavy atom. The molecule has 1 heterocycles. The molecule has 0 radical (unpaired) electrons. The van der Waals surface area contributed by atoms with E-state index in [4.69, 9.17) is 4.74 Å². The fourth-order valence-corrected chi connectivity index (χ4v) is 3.26. The van der Waals surface area contributed by atoms with E-state index < -0.39 is 5.60 Å². The highest BCUT2D eigenvalue weighted by atomic mass is 16.6. The number of fused-ring (bicyclic) bond motifs is 2. The van der Waals surface area contributed by atoms with Crippen molar-refractivity contribution < 1.29 is 9.53 Å². The number of alkyl carbamates (subject to hydrolysis) is 1. The van der Waals surface area contributed by atoms with Crippen LogP contribution in [0.4, 0.5) is 4.79 Å². The van der Waals surface area contributed by atoms with Crippen LogP contribution in [-0.2, 0) is 4.74 Å². The van der Waals surface area contributed by atoms with Gasteiger partial charge < -0.3 is 15.4 Å². The predicted octanol–water partition coefficient (Wildman–Crippen LogP) is 2.29. The fraction of sp³-hybridized carbons (Fsp3) is 0.929. The molecule has 1 aliphatic heterocycles. The second kappa shape index (κ2) is 5.08. The van der Waals surface area contributed by atoms with Crippen LogP contribution in [0.5, 0.6) is 0 Å². The van der Waals surface area contributed by atoms with Crippen LogP contribution in [0.15, 0.2) is 0 Å². The first-order valence-electron chi connectivity index (χ1n) is 7.06. The molecule has 2 rings (SSSR count). The number of rotatable bonds is 2. The van der Waals surface area contributed by atoms with Crippen molar-refractivity contribution in [3.05, 3.63) is 0 Å². The van der Waals surface area contributed by atoms with Gasteiger partial charge in [-0.1, -0.05) is 6.42 Å². The molecule has 2 unspecified atom stereocenters. The molecule has 2 aliphatic rings. The molecule has 1 amide bonds. The van der Waals surface area contributed by atoms with Crippen LogP contribution >= 0.6 is 0 Å². The average Bonchev–Trinajstić information content (AvgIpc) is 2.24. The van der Waals surface area contributed by atoms with Gasteiger partial charge in [0.1, 0.15) is 5.60 Å². The van der Waals surface area contributed by atoms with Crippen molar-refractivity contribution in [3.8, 4) is 0 Å². The molecule has 2 atom stereocenters. The maximum Gasteiger partial charge on any atom is 0.407 e. The fourth-order valence-electron chi connectivity index (χ4n) is 3.26. The van der Waals surface area contributed by atoms with Crippen molar-refractivity contribution in [1.29, 1.82) is 0 Å². The lowest BCUT2D eigenvalue weighted by atomic mass is 9.67. The number of nitrogens with one attached hydrogen (secondary N) is 2. The number of hydrogen-bond acceptors (Lipinski definition) is 3. The minimum absolute atomic E-state index is 0.262. The summed E-state index contributed by atoms with van der Waals surface area (Å²) < 4.78 is 5.29. The third-order valence-electron chi connectivity index (χ3n) is 3.98. The van der Waals surface area contributed by atoms with E-state index in [-0.39, 0.29) is 11.5 Å². The Balaban J connectivity index is 1.83. The van der Waals surface area contributed by atoms with E-state index in [1.54, 1.807) is 0 Å². The number of piperidine rings is 1. The van der Waals surface area contributed by atoms with Gasteiger partial charge in [0.2, 0.25) is 0 Å². The molecular formula is C14H26N2O2. The van der Waals surface area contributed by atoms with E-state index in [0.717, 1.165) is 25.6 Å². The molecule has 0 aromatic heterocycles. The summed E-state index contributed by atoms with van der Waals surface area (Å²) in [6.07, 6.45) is 4.80. The summed E-state index contributed by atoms with van der Waals surface area (Å²) in [5, 5.41) is 6.46. The molecule has 1 aliphatic carbocycles. The maximum absolute atomic E-state index is 11.7. The lowest BCUT2D eigenvalue weighted by molar-refractivity contribution is 0.0429. The van der Waals surface area contributed by atoms with Gasteiger partial charge in [-0.05, 0) is 52.5 Å². The molecule has 4 heteroatoms. The minimum atomic E-state index is -0.415. The number of amides is 1. The largest absolute Gasteiger partial charge is 0.444 e. The Morgan fingerprint density at radius 1 is 1.50 bits per heavy atom. The van der Waals surface area contributed by atoms with Crippen LogP contribution in [0.25, 0.3) is 0 Å². The normalized spacial score (nSPS) is 31.8. The van der Waals surface area contributed by atoms with Crippen LogP contribution in [0.2, 0.25) is 0 Å². The zero-order chi connectivity index (χ0) is 13.2. The zero-order valence-corrected chi connectivity index (χ0v) is 11.8. The zero-order valence-electron chi connectivity index (χ0n) is 11.8. The highest BCUT2D eigenvalue weighted by Crippen LogP contribution is 2.40. The van der Waals surface area contributed by atoms with Crippen molar-refractivity contribution in [1.82, 2.24) is 10.6 Å². The van der Waals surface area contributed by atoms with Crippen molar-refractivity contribution in [3.63, 3.8) is 0 Å². The van der Waals surface area contributed by atoms with E-state index >= 15 is 0 Å². The summed E-state index contributed by atoms with van der Waals surface area (Å²) in [6.45, 7) is 8.59. The Hall–Kier alpha value is -0.770. The van der Waals surface area contributed by atoms with Crippen LogP contribution < -0.4 is 10.6 Å². The highest BCUT2D eigenvalue weighted by Gasteiger charge is 2.39. The molecule has 0 spiro atoms. The molecule has 0 aromatic carbocycles. The second-order valence-corrected chi connectivity index (χ2v) is 6.95. The summed E-state index contributed by atoms with van der Waals surface area (Å²) in [5.41, 5.74) is -0.153. The number of ether oxygens (including phenoxy) is 1. The summed E-state index contributed by atoms with van der Waals surface area (Å²) in [4.78, 5) is 11.7. The van der Waals surface area contributed by atoms with Crippen LogP contribution in [0.1, 0.15) is 46.5 Å². The van der Waals surface area contributed by atoms with Gasteiger partial charge in [0.15, 0.2) is 0 Å². The van der Waals surface area contributed by atoms with Gasteiger partial charge in [-0.15, -0.1) is 0 Å². The van der Waals surface area contributed by atoms with Crippen LogP contribution in [0.3, 0.4) is 0 Å². The number of carbonyl (C=O) groups is 1. The number of carbonyl (C=O) groups excluding carboxylic acids is 1. The predicted molar refractivity (Wildman–Crippen MR) is 71.5 cm³/mol. The van der Waals surface area contributed by atoms with E-state index in [0.29, 0.717) is 0 Å². The van der Waals surface area contributed by atoms with Crippen LogP contribution in [-0.4, -0.2) is 31.3 Å². The first kappa shape index (κ1) is 13.7. The monoisotopic (exact) mass is 254 g/mol. The smallest absolute Gasteiger partial charge is 0.407 e. The van der Waals surface area contributed by atoms with Crippen molar-refractivity contribution in [2.24, 2.45) is 11.3 Å². The third kappa shape index (κ3) is 3.61. The first-order chi connectivity index (χ1) is 8.39. The van der Waals surface area contributed by atoms with Gasteiger partial charge in [0, 0.05) is 18.5 Å². The Bertz CT molecular complexity index is 299. The SMILES string of the molecule is CC(C)(C)OC(=O)NCC12CCCC(CNC1)C2. The van der Waals surface area contributed by atoms with Gasteiger partial charge in [-0.25, -0.2) is 4.79 Å². The van der Waals surface area contributed by atoms with Gasteiger partial charge in [0.05, 0.1) is 0 Å². The molecular weight excluding hydrogens is 228 g/mol. The molecule has 1 saturated carbocycles. The van der Waals surface area contributed by atoms with Gasteiger partial charge in [-0.3, -0.25) is 0 Å². The lowest BCUT2D eigenvalue weighted by Gasteiger charge is -2.45. The standard InChI is InChI=1S/C14H26N2O2/c1-13(2,3)18-12(17)16-10-14-6-4-5-11(7-14)8-15-9-14/h11,15H,4-10H2,1-3H3,(H,16,17). The molecule has 0 aromatic rings. The Morgan fingerprint density at radius 3 is 3.00 bits per heavy atom. The molecule has 2 bridgehead atoms. The molecule has 18 heavy (non-hydrogen) atoms. The highest BCUT2D eigenvalue weighted by molar-refractivity contribution is 5.67. The van der Waals surface area contributed by atoms with Crippen molar-refractivity contribution >= 4 is 6.09 Å². The lowest BCUT2D eigenvalue weighted by Crippen LogP contribution is -2.52. The molecule has 1 saturated heterocycles. The quantitative estimate of drug-likeness (QED) is 0.795. The van der Waals surface area contributed by atoms with Crippen molar-refractivity contribution in [2.45, 2.75) is 52.1 Å². The average molecular weight is 254 g/mol. The number of hydrogen-bond donors (Lipinski definition) is 2. The first-order valence-corrected chi connectivity index (χ1v) is 7.06. The Labute approximate surface area is 110 Å². The topological polar surface area (TPSA) is 50.4 Å². The summed E-state index contributed by atoms with van der Waals surface area (Å²) in [6, 6.07) is 0. The minimum Gasteiger partial charge on any atom is -0.444 e. The summed E-state index contributed by atoms with van der Waals surface area (Å²) >= 11 is 0. The Kier molecular flexibility index (Phi) is 3.85. The van der Waals surface area contributed by atoms with Crippen molar-refractivity contribution in [2.75, 3.05) is 19.6 Å². The second-order valence-electron chi connectivity index (χ2n) is 6.95. The molecule has 2 N–H and O–H groups in total. The molecule has 104 valence electrons. The van der Waals surface area contributed by atoms with Gasteiger partial charge in [0.25, 0.3) is 0 Å². The molecule has 2 fully saturated rings. The van der Waals surface area contributed by atoms with Gasteiger partial charge >= 0.3 is 6.09 Å². The van der Waals surface area contributed by atoms with E-state index in [9.17, 15) is 4.79 Å². The van der Waals surface area contributed by atoms with E-state index in [1.165, 1.54) is 25.7 Å². The molecule has 4 nitrogen and oxygen atoms in total. The van der Waals surface area contributed by atoms with Crippen LogP contribution in [0, 0.1) is 11.3 Å². The maximum atomic E-state index is 11.7. The third-order valence-corrected chi connectivity index (χ3v) is 3.98. The van der Waals surface area contributed by atoms with Gasteiger partial charge in [-0.2, -0.15) is 0 Å². The summed E-state index contributed by atoms with van der Waals surface area (Å²) in [7, 11) is 0.